The van der Waals surface area contributed by atoms with E-state index in [1.54, 1.807) is 0 Å². The van der Waals surface area contributed by atoms with Crippen molar-refractivity contribution >= 4 is 22.3 Å². The van der Waals surface area contributed by atoms with Crippen LogP contribution in [0, 0.1) is 0 Å². The Morgan fingerprint density at radius 3 is 2.90 bits per heavy atom. The zero-order valence-corrected chi connectivity index (χ0v) is 7.51. The van der Waals surface area contributed by atoms with Crippen LogP contribution in [0.25, 0.3) is 0 Å². The van der Waals surface area contributed by atoms with Crippen molar-refractivity contribution in [3.8, 4) is 0 Å². The molecule has 0 bridgehead atoms. The normalized spacial score (nSPS) is 27.7. The van der Waals surface area contributed by atoms with E-state index >= 15 is 0 Å². The minimum atomic E-state index is 0.623. The lowest BCUT2D eigenvalue weighted by molar-refractivity contribution is -0.118. The molecule has 0 aliphatic carbocycles. The van der Waals surface area contributed by atoms with Gasteiger partial charge in [0, 0.05) is 17.9 Å². The van der Waals surface area contributed by atoms with Crippen molar-refractivity contribution in [3.05, 3.63) is 0 Å². The molecule has 0 spiro atoms. The summed E-state index contributed by atoms with van der Waals surface area (Å²) in [4.78, 5) is 12.8. The number of alkyl halides is 1. The number of hydrogen-bond acceptors (Lipinski definition) is 1. The van der Waals surface area contributed by atoms with Crippen molar-refractivity contribution in [2.24, 2.45) is 0 Å². The molecule has 1 aliphatic heterocycles. The highest BCUT2D eigenvalue weighted by Crippen LogP contribution is 2.16. The van der Waals surface area contributed by atoms with E-state index in [1.165, 1.54) is 6.42 Å². The van der Waals surface area contributed by atoms with Gasteiger partial charge in [0.15, 0.2) is 0 Å². The van der Waals surface area contributed by atoms with Gasteiger partial charge in [-0.3, -0.25) is 4.79 Å². The maximum Gasteiger partial charge on any atom is 0.209 e. The number of likely N-dealkylation sites (tertiary alicyclic amines) is 1. The van der Waals surface area contributed by atoms with Crippen LogP contribution in [-0.2, 0) is 4.79 Å². The lowest BCUT2D eigenvalue weighted by atomic mass is 10.2. The topological polar surface area (TPSA) is 20.3 Å². The van der Waals surface area contributed by atoms with Crippen LogP contribution >= 0.6 is 15.9 Å². The van der Waals surface area contributed by atoms with Gasteiger partial charge in [-0.1, -0.05) is 15.9 Å². The summed E-state index contributed by atoms with van der Waals surface area (Å²) < 4.78 is 0. The van der Waals surface area contributed by atoms with Crippen molar-refractivity contribution in [2.75, 3.05) is 13.1 Å². The number of hydrogen-bond donors (Lipinski definition) is 0. The molecule has 0 aromatic rings. The molecule has 0 aromatic heterocycles. The highest BCUT2D eigenvalue weighted by Gasteiger charge is 2.12. The van der Waals surface area contributed by atoms with E-state index in [0.717, 1.165) is 32.3 Å². The molecule has 1 amide bonds. The van der Waals surface area contributed by atoms with Crippen LogP contribution in [0.5, 0.6) is 0 Å². The fourth-order valence-corrected chi connectivity index (χ4v) is 1.71. The fourth-order valence-electron chi connectivity index (χ4n) is 1.18. The molecule has 10 heavy (non-hydrogen) atoms. The lowest BCUT2D eigenvalue weighted by Crippen LogP contribution is -2.22. The van der Waals surface area contributed by atoms with Gasteiger partial charge in [-0.05, 0) is 19.3 Å². The molecule has 1 heterocycles. The Morgan fingerprint density at radius 2 is 2.20 bits per heavy atom. The third kappa shape index (κ3) is 2.29. The SMILES string of the molecule is O=CN1CCCC(Br)CC1. The first kappa shape index (κ1) is 8.05. The molecule has 58 valence electrons. The lowest BCUT2D eigenvalue weighted by Gasteiger charge is -2.12. The van der Waals surface area contributed by atoms with Gasteiger partial charge in [0.25, 0.3) is 0 Å². The van der Waals surface area contributed by atoms with Gasteiger partial charge in [-0.25, -0.2) is 0 Å². The molecular weight excluding hydrogens is 194 g/mol. The van der Waals surface area contributed by atoms with E-state index < -0.39 is 0 Å². The number of carbonyl (C=O) groups excluding carboxylic acids is 1. The Labute approximate surface area is 69.7 Å². The molecule has 1 atom stereocenters. The maximum absolute atomic E-state index is 10.3. The predicted molar refractivity (Wildman–Crippen MR) is 44.2 cm³/mol. The van der Waals surface area contributed by atoms with E-state index in [0.29, 0.717) is 4.83 Å². The third-order valence-corrected chi connectivity index (χ3v) is 2.76. The Balaban J connectivity index is 2.32. The Kier molecular flexibility index (Phi) is 3.19. The molecule has 0 radical (unpaired) electrons. The second-order valence-corrected chi connectivity index (χ2v) is 3.96. The number of halogens is 1. The smallest absolute Gasteiger partial charge is 0.209 e. The molecule has 1 saturated heterocycles. The van der Waals surface area contributed by atoms with Crippen LogP contribution in [0.3, 0.4) is 0 Å². The van der Waals surface area contributed by atoms with Gasteiger partial charge in [0.1, 0.15) is 0 Å². The van der Waals surface area contributed by atoms with Crippen molar-refractivity contribution in [1.29, 1.82) is 0 Å². The predicted octanol–water partition coefficient (Wildman–Crippen LogP) is 1.39. The van der Waals surface area contributed by atoms with Gasteiger partial charge < -0.3 is 4.90 Å². The monoisotopic (exact) mass is 205 g/mol. The van der Waals surface area contributed by atoms with Crippen LogP contribution in [0.2, 0.25) is 0 Å². The Morgan fingerprint density at radius 1 is 1.40 bits per heavy atom. The van der Waals surface area contributed by atoms with E-state index in [9.17, 15) is 4.79 Å². The van der Waals surface area contributed by atoms with Crippen molar-refractivity contribution in [2.45, 2.75) is 24.1 Å². The zero-order chi connectivity index (χ0) is 7.40. The molecule has 2 nitrogen and oxygen atoms in total. The number of rotatable bonds is 1. The van der Waals surface area contributed by atoms with Crippen LogP contribution in [-0.4, -0.2) is 29.2 Å². The molecule has 1 fully saturated rings. The molecule has 3 heteroatoms. The van der Waals surface area contributed by atoms with Crippen LogP contribution in [0.1, 0.15) is 19.3 Å². The average molecular weight is 206 g/mol. The molecule has 0 N–H and O–H groups in total. The molecule has 0 saturated carbocycles. The summed E-state index contributed by atoms with van der Waals surface area (Å²) in [6.07, 6.45) is 4.38. The third-order valence-electron chi connectivity index (χ3n) is 1.84. The zero-order valence-electron chi connectivity index (χ0n) is 5.92. The fraction of sp³-hybridized carbons (Fsp3) is 0.857. The van der Waals surface area contributed by atoms with E-state index in [-0.39, 0.29) is 0 Å². The molecular formula is C7H12BrNO. The molecule has 1 aliphatic rings. The average Bonchev–Trinajstić information content (AvgIpc) is 2.14. The van der Waals surface area contributed by atoms with Crippen molar-refractivity contribution < 1.29 is 4.79 Å². The molecule has 0 aromatic carbocycles. The second-order valence-electron chi connectivity index (χ2n) is 2.67. The first-order valence-electron chi connectivity index (χ1n) is 3.66. The number of carbonyl (C=O) groups is 1. The highest BCUT2D eigenvalue weighted by atomic mass is 79.9. The van der Waals surface area contributed by atoms with Crippen molar-refractivity contribution in [1.82, 2.24) is 4.90 Å². The van der Waals surface area contributed by atoms with Gasteiger partial charge in [-0.15, -0.1) is 0 Å². The Hall–Kier alpha value is -0.0500. The molecule has 1 unspecified atom stereocenters. The maximum atomic E-state index is 10.3. The summed E-state index contributed by atoms with van der Waals surface area (Å²) in [5, 5.41) is 0. The summed E-state index contributed by atoms with van der Waals surface area (Å²) in [6.45, 7) is 1.85. The Bertz CT molecular complexity index is 118. The summed E-state index contributed by atoms with van der Waals surface area (Å²) in [6, 6.07) is 0. The van der Waals surface area contributed by atoms with Gasteiger partial charge >= 0.3 is 0 Å². The number of nitrogens with zero attached hydrogens (tertiary/aromatic N) is 1. The minimum Gasteiger partial charge on any atom is -0.345 e. The highest BCUT2D eigenvalue weighted by molar-refractivity contribution is 9.09. The largest absolute Gasteiger partial charge is 0.345 e. The number of amides is 1. The summed E-state index contributed by atoms with van der Waals surface area (Å²) in [7, 11) is 0. The van der Waals surface area contributed by atoms with Crippen molar-refractivity contribution in [3.63, 3.8) is 0 Å². The summed E-state index contributed by atoms with van der Waals surface area (Å²) in [5.41, 5.74) is 0. The standard InChI is InChI=1S/C7H12BrNO/c8-7-2-1-4-9(6-10)5-3-7/h6-7H,1-5H2. The first-order chi connectivity index (χ1) is 4.83. The van der Waals surface area contributed by atoms with Gasteiger partial charge in [0.2, 0.25) is 6.41 Å². The first-order valence-corrected chi connectivity index (χ1v) is 4.58. The summed E-state index contributed by atoms with van der Waals surface area (Å²) >= 11 is 3.55. The van der Waals surface area contributed by atoms with Crippen LogP contribution in [0.15, 0.2) is 0 Å². The van der Waals surface area contributed by atoms with E-state index in [4.69, 9.17) is 0 Å². The van der Waals surface area contributed by atoms with Crippen LogP contribution < -0.4 is 0 Å². The second kappa shape index (κ2) is 3.96. The quantitative estimate of drug-likeness (QED) is 0.469. The van der Waals surface area contributed by atoms with Gasteiger partial charge in [0.05, 0.1) is 0 Å². The minimum absolute atomic E-state index is 0.623. The van der Waals surface area contributed by atoms with E-state index in [2.05, 4.69) is 15.9 Å². The summed E-state index contributed by atoms with van der Waals surface area (Å²) in [5.74, 6) is 0. The van der Waals surface area contributed by atoms with Gasteiger partial charge in [-0.2, -0.15) is 0 Å². The molecule has 1 rings (SSSR count). The van der Waals surface area contributed by atoms with E-state index in [1.807, 2.05) is 4.90 Å². The van der Waals surface area contributed by atoms with Crippen LogP contribution in [0.4, 0.5) is 0 Å².